The molecule has 150 valence electrons. The minimum Gasteiger partial charge on any atom is -0.348 e. The van der Waals surface area contributed by atoms with Crippen LogP contribution in [0, 0.1) is 17.0 Å². The highest BCUT2D eigenvalue weighted by Crippen LogP contribution is 2.39. The number of halogens is 2. The average Bonchev–Trinajstić information content (AvgIpc) is 3.20. The number of carbonyl (C=O) groups is 1. The van der Waals surface area contributed by atoms with Crippen LogP contribution in [-0.2, 0) is 17.8 Å². The van der Waals surface area contributed by atoms with E-state index in [1.54, 1.807) is 12.5 Å². The number of hydrogen-bond acceptors (Lipinski definition) is 3. The number of amides is 1. The zero-order valence-electron chi connectivity index (χ0n) is 16.0. The summed E-state index contributed by atoms with van der Waals surface area (Å²) in [6, 6.07) is 3.64. The minimum atomic E-state index is -0.406. The molecule has 2 fully saturated rings. The number of nitrogens with one attached hydrogen (secondary N) is 1. The number of imidazole rings is 1. The molecule has 0 radical (unpaired) electrons. The Hall–Kier alpha value is -2.28. The molecule has 2 aliphatic rings. The molecule has 1 N–H and O–H groups in total. The fourth-order valence-electron chi connectivity index (χ4n) is 4.67. The largest absolute Gasteiger partial charge is 0.348 e. The molecule has 0 saturated carbocycles. The van der Waals surface area contributed by atoms with E-state index in [4.69, 9.17) is 0 Å². The standard InChI is InChI=1S/C21H26F2N4O/c22-17-2-3-19(23)16(10-17)12-26-8-1-6-21(13-26)7-4-20(28)27(14-21)9-5-18-11-24-15-25-18/h2-3,10-11,15H,1,4-9,12-14H2,(H,24,25)/t21-/m0/s1. The van der Waals surface area contributed by atoms with Crippen molar-refractivity contribution in [1.82, 2.24) is 19.8 Å². The summed E-state index contributed by atoms with van der Waals surface area (Å²) >= 11 is 0. The van der Waals surface area contributed by atoms with Crippen LogP contribution in [0.2, 0.25) is 0 Å². The normalized spacial score (nSPS) is 23.5. The Balaban J connectivity index is 1.41. The molecule has 5 nitrogen and oxygen atoms in total. The highest BCUT2D eigenvalue weighted by atomic mass is 19.1. The molecule has 28 heavy (non-hydrogen) atoms. The van der Waals surface area contributed by atoms with Crippen LogP contribution in [0.3, 0.4) is 0 Å². The lowest BCUT2D eigenvalue weighted by molar-refractivity contribution is -0.139. The maximum atomic E-state index is 14.1. The lowest BCUT2D eigenvalue weighted by atomic mass is 9.73. The van der Waals surface area contributed by atoms with Crippen molar-refractivity contribution in [2.24, 2.45) is 5.41 Å². The van der Waals surface area contributed by atoms with Crippen molar-refractivity contribution in [3.63, 3.8) is 0 Å². The van der Waals surface area contributed by atoms with Gasteiger partial charge in [0.1, 0.15) is 11.6 Å². The summed E-state index contributed by atoms with van der Waals surface area (Å²) in [6.45, 7) is 3.52. The lowest BCUT2D eigenvalue weighted by Crippen LogP contribution is -2.54. The number of nitrogens with zero attached hydrogens (tertiary/aromatic N) is 3. The molecule has 3 heterocycles. The van der Waals surface area contributed by atoms with Crippen LogP contribution in [0.1, 0.15) is 36.9 Å². The molecule has 2 aliphatic heterocycles. The number of aromatic amines is 1. The third-order valence-corrected chi connectivity index (χ3v) is 6.10. The summed E-state index contributed by atoms with van der Waals surface area (Å²) < 4.78 is 27.6. The van der Waals surface area contributed by atoms with E-state index in [9.17, 15) is 13.6 Å². The Labute approximate surface area is 163 Å². The third kappa shape index (κ3) is 4.24. The van der Waals surface area contributed by atoms with Gasteiger partial charge in [0.2, 0.25) is 5.91 Å². The molecule has 2 saturated heterocycles. The van der Waals surface area contributed by atoms with Gasteiger partial charge in [-0.2, -0.15) is 0 Å². The Morgan fingerprint density at radius 1 is 1.21 bits per heavy atom. The zero-order valence-corrected chi connectivity index (χ0v) is 16.0. The molecule has 0 bridgehead atoms. The van der Waals surface area contributed by atoms with Crippen LogP contribution in [-0.4, -0.2) is 51.9 Å². The van der Waals surface area contributed by atoms with Gasteiger partial charge in [-0.1, -0.05) is 0 Å². The quantitative estimate of drug-likeness (QED) is 0.856. The van der Waals surface area contributed by atoms with Crippen LogP contribution < -0.4 is 0 Å². The monoisotopic (exact) mass is 388 g/mol. The highest BCUT2D eigenvalue weighted by Gasteiger charge is 2.41. The van der Waals surface area contributed by atoms with E-state index in [1.807, 2.05) is 4.90 Å². The number of hydrogen-bond donors (Lipinski definition) is 1. The van der Waals surface area contributed by atoms with Crippen molar-refractivity contribution in [1.29, 1.82) is 0 Å². The molecule has 4 rings (SSSR count). The van der Waals surface area contributed by atoms with Gasteiger partial charge in [-0.05, 0) is 44.0 Å². The maximum Gasteiger partial charge on any atom is 0.222 e. The van der Waals surface area contributed by atoms with Gasteiger partial charge in [0.25, 0.3) is 0 Å². The first kappa shape index (κ1) is 19.1. The number of aromatic nitrogens is 2. The van der Waals surface area contributed by atoms with E-state index in [-0.39, 0.29) is 17.1 Å². The first-order chi connectivity index (χ1) is 13.5. The van der Waals surface area contributed by atoms with Gasteiger partial charge in [0.05, 0.1) is 6.33 Å². The molecule has 1 spiro atoms. The van der Waals surface area contributed by atoms with E-state index in [0.29, 0.717) is 25.1 Å². The van der Waals surface area contributed by atoms with Gasteiger partial charge in [-0.15, -0.1) is 0 Å². The smallest absolute Gasteiger partial charge is 0.222 e. The fourth-order valence-corrected chi connectivity index (χ4v) is 4.67. The summed E-state index contributed by atoms with van der Waals surface area (Å²) in [4.78, 5) is 23.7. The molecule has 1 aromatic carbocycles. The van der Waals surface area contributed by atoms with E-state index in [2.05, 4.69) is 14.9 Å². The van der Waals surface area contributed by atoms with Crippen molar-refractivity contribution < 1.29 is 13.6 Å². The van der Waals surface area contributed by atoms with E-state index in [1.165, 1.54) is 12.1 Å². The zero-order chi connectivity index (χ0) is 19.6. The van der Waals surface area contributed by atoms with Crippen LogP contribution in [0.5, 0.6) is 0 Å². The fraction of sp³-hybridized carbons (Fsp3) is 0.524. The molecule has 7 heteroatoms. The molecule has 0 unspecified atom stereocenters. The molecule has 1 atom stereocenters. The van der Waals surface area contributed by atoms with Crippen molar-refractivity contribution in [3.05, 3.63) is 53.6 Å². The predicted molar refractivity (Wildman–Crippen MR) is 101 cm³/mol. The first-order valence-electron chi connectivity index (χ1n) is 9.94. The van der Waals surface area contributed by atoms with Gasteiger partial charge >= 0.3 is 0 Å². The summed E-state index contributed by atoms with van der Waals surface area (Å²) in [5, 5.41) is 0. The lowest BCUT2D eigenvalue weighted by Gasteiger charge is -2.48. The second kappa shape index (κ2) is 7.99. The summed E-state index contributed by atoms with van der Waals surface area (Å²) in [5.74, 6) is -0.559. The average molecular weight is 388 g/mol. The molecular weight excluding hydrogens is 362 g/mol. The summed E-state index contributed by atoms with van der Waals surface area (Å²) in [7, 11) is 0. The molecule has 0 aliphatic carbocycles. The van der Waals surface area contributed by atoms with Crippen molar-refractivity contribution in [3.8, 4) is 0 Å². The number of benzene rings is 1. The maximum absolute atomic E-state index is 14.1. The molecular formula is C21H26F2N4O. The Kier molecular flexibility index (Phi) is 5.44. The number of piperidine rings is 2. The SMILES string of the molecule is O=C1CC[C@]2(CCCN(Cc3cc(F)ccc3F)C2)CN1CCc1cnc[nH]1. The van der Waals surface area contributed by atoms with Crippen LogP contribution in [0.4, 0.5) is 8.78 Å². The van der Waals surface area contributed by atoms with E-state index < -0.39 is 5.82 Å². The highest BCUT2D eigenvalue weighted by molar-refractivity contribution is 5.77. The molecule has 1 aromatic heterocycles. The van der Waals surface area contributed by atoms with Gasteiger partial charge in [0.15, 0.2) is 0 Å². The Bertz CT molecular complexity index is 826. The van der Waals surface area contributed by atoms with Crippen LogP contribution >= 0.6 is 0 Å². The number of rotatable bonds is 5. The minimum absolute atomic E-state index is 0.0456. The topological polar surface area (TPSA) is 52.2 Å². The predicted octanol–water partition coefficient (Wildman–Crippen LogP) is 3.14. The third-order valence-electron chi connectivity index (χ3n) is 6.10. The van der Waals surface area contributed by atoms with Crippen molar-refractivity contribution in [2.75, 3.05) is 26.2 Å². The number of carbonyl (C=O) groups excluding carboxylic acids is 1. The molecule has 2 aromatic rings. The van der Waals surface area contributed by atoms with Gasteiger partial charge in [-0.25, -0.2) is 13.8 Å². The second-order valence-electron chi connectivity index (χ2n) is 8.19. The second-order valence-corrected chi connectivity index (χ2v) is 8.19. The Morgan fingerprint density at radius 2 is 2.11 bits per heavy atom. The Morgan fingerprint density at radius 3 is 2.93 bits per heavy atom. The summed E-state index contributed by atoms with van der Waals surface area (Å²) in [6.07, 6.45) is 7.72. The van der Waals surface area contributed by atoms with Gasteiger partial charge < -0.3 is 9.88 Å². The first-order valence-corrected chi connectivity index (χ1v) is 9.94. The molecule has 1 amide bonds. The van der Waals surface area contributed by atoms with Crippen molar-refractivity contribution >= 4 is 5.91 Å². The van der Waals surface area contributed by atoms with Crippen LogP contribution in [0.25, 0.3) is 0 Å². The number of H-pyrrole nitrogens is 1. The summed E-state index contributed by atoms with van der Waals surface area (Å²) in [5.41, 5.74) is 1.48. The van der Waals surface area contributed by atoms with Gasteiger partial charge in [-0.3, -0.25) is 9.69 Å². The van der Waals surface area contributed by atoms with E-state index in [0.717, 1.165) is 57.1 Å². The van der Waals surface area contributed by atoms with Crippen molar-refractivity contribution in [2.45, 2.75) is 38.6 Å². The number of likely N-dealkylation sites (tertiary alicyclic amines) is 2. The van der Waals surface area contributed by atoms with Gasteiger partial charge in [0, 0.05) is 61.9 Å². The van der Waals surface area contributed by atoms with Crippen LogP contribution in [0.15, 0.2) is 30.7 Å². The van der Waals surface area contributed by atoms with E-state index >= 15 is 0 Å².